The van der Waals surface area contributed by atoms with Gasteiger partial charge in [0.1, 0.15) is 6.04 Å². The van der Waals surface area contributed by atoms with Crippen molar-refractivity contribution in [3.8, 4) is 0 Å². The average molecular weight is 541 g/mol. The number of carbonyl (C=O) groups is 3. The van der Waals surface area contributed by atoms with Crippen LogP contribution in [0, 0.1) is 5.92 Å². The molecule has 1 aliphatic rings. The predicted octanol–water partition coefficient (Wildman–Crippen LogP) is 5.77. The van der Waals surface area contributed by atoms with Crippen LogP contribution in [0.4, 0.5) is 10.5 Å². The van der Waals surface area contributed by atoms with Crippen LogP contribution in [0.2, 0.25) is 0 Å². The molecule has 1 aliphatic carbocycles. The first-order valence-corrected chi connectivity index (χ1v) is 14.3. The number of urea groups is 1. The lowest BCUT2D eigenvalue weighted by atomic mass is 9.74. The van der Waals surface area contributed by atoms with Crippen molar-refractivity contribution in [1.29, 1.82) is 0 Å². The molecule has 3 unspecified atom stereocenters. The summed E-state index contributed by atoms with van der Waals surface area (Å²) in [5.74, 6) is -0.898. The number of benzene rings is 3. The number of amides is 4. The fourth-order valence-corrected chi connectivity index (χ4v) is 5.65. The molecule has 0 radical (unpaired) electrons. The van der Waals surface area contributed by atoms with E-state index in [1.165, 1.54) is 0 Å². The van der Waals surface area contributed by atoms with Gasteiger partial charge in [0, 0.05) is 24.7 Å². The summed E-state index contributed by atoms with van der Waals surface area (Å²) in [6.07, 6.45) is 3.69. The van der Waals surface area contributed by atoms with Crippen LogP contribution in [-0.4, -0.2) is 35.8 Å². The Hall–Kier alpha value is -4.13. The van der Waals surface area contributed by atoms with Crippen molar-refractivity contribution in [2.24, 2.45) is 11.7 Å². The molecule has 4 amide bonds. The summed E-state index contributed by atoms with van der Waals surface area (Å²) in [7, 11) is 0. The van der Waals surface area contributed by atoms with Crippen molar-refractivity contribution in [2.45, 2.75) is 58.0 Å². The molecule has 3 N–H and O–H groups in total. The van der Waals surface area contributed by atoms with Gasteiger partial charge in [-0.1, -0.05) is 85.6 Å². The Balaban J connectivity index is 1.51. The van der Waals surface area contributed by atoms with Crippen molar-refractivity contribution < 1.29 is 14.4 Å². The monoisotopic (exact) mass is 540 g/mol. The van der Waals surface area contributed by atoms with Gasteiger partial charge in [-0.15, -0.1) is 0 Å². The van der Waals surface area contributed by atoms with Crippen LogP contribution in [0.25, 0.3) is 0 Å². The fraction of sp³-hybridized carbons (Fsp3) is 0.364. The molecule has 4 rings (SSSR count). The maximum atomic E-state index is 13.5. The van der Waals surface area contributed by atoms with Gasteiger partial charge in [-0.3, -0.25) is 14.5 Å². The Kier molecular flexibility index (Phi) is 9.95. The van der Waals surface area contributed by atoms with Crippen molar-refractivity contribution in [1.82, 2.24) is 10.2 Å². The van der Waals surface area contributed by atoms with Crippen molar-refractivity contribution >= 4 is 23.5 Å². The van der Waals surface area contributed by atoms with E-state index in [1.54, 1.807) is 12.1 Å². The molecular formula is C33H40N4O3. The van der Waals surface area contributed by atoms with Gasteiger partial charge < -0.3 is 16.0 Å². The first kappa shape index (κ1) is 28.9. The Bertz CT molecular complexity index is 1260. The molecule has 3 aromatic carbocycles. The third-order valence-corrected chi connectivity index (χ3v) is 7.89. The van der Waals surface area contributed by atoms with Gasteiger partial charge in [0.25, 0.3) is 0 Å². The largest absolute Gasteiger partial charge is 0.368 e. The van der Waals surface area contributed by atoms with E-state index in [9.17, 15) is 14.4 Å². The molecule has 0 saturated heterocycles. The van der Waals surface area contributed by atoms with Crippen molar-refractivity contribution in [3.63, 3.8) is 0 Å². The fourth-order valence-electron chi connectivity index (χ4n) is 5.65. The molecule has 3 aromatic rings. The summed E-state index contributed by atoms with van der Waals surface area (Å²) >= 11 is 0. The molecule has 0 heterocycles. The van der Waals surface area contributed by atoms with Crippen molar-refractivity contribution in [3.05, 3.63) is 102 Å². The Morgan fingerprint density at radius 3 is 2.05 bits per heavy atom. The second-order valence-electron chi connectivity index (χ2n) is 10.4. The highest BCUT2D eigenvalue weighted by molar-refractivity contribution is 5.92. The highest BCUT2D eigenvalue weighted by Gasteiger charge is 2.34. The number of primary amides is 1. The van der Waals surface area contributed by atoms with Gasteiger partial charge in [-0.25, -0.2) is 4.79 Å². The second-order valence-corrected chi connectivity index (χ2v) is 10.4. The summed E-state index contributed by atoms with van der Waals surface area (Å²) < 4.78 is 0. The smallest absolute Gasteiger partial charge is 0.324 e. The number of rotatable bonds is 10. The summed E-state index contributed by atoms with van der Waals surface area (Å²) in [6, 6.07) is 26.3. The summed E-state index contributed by atoms with van der Waals surface area (Å²) in [4.78, 5) is 42.7. The lowest BCUT2D eigenvalue weighted by Crippen LogP contribution is -2.43. The number of hydrogen-bond donors (Lipinski definition) is 2. The number of carbonyl (C=O) groups excluding carboxylic acids is 3. The number of para-hydroxylation sites is 1. The highest BCUT2D eigenvalue weighted by atomic mass is 16.2. The maximum Gasteiger partial charge on any atom is 0.324 e. The summed E-state index contributed by atoms with van der Waals surface area (Å²) in [6.45, 7) is 5.71. The molecule has 0 aliphatic heterocycles. The molecule has 0 bridgehead atoms. The zero-order chi connectivity index (χ0) is 28.5. The molecule has 210 valence electrons. The number of hydrogen-bond acceptors (Lipinski definition) is 3. The number of nitrogens with one attached hydrogen (secondary N) is 1. The van der Waals surface area contributed by atoms with Gasteiger partial charge in [0.15, 0.2) is 0 Å². The first-order valence-electron chi connectivity index (χ1n) is 14.3. The molecule has 1 saturated carbocycles. The summed E-state index contributed by atoms with van der Waals surface area (Å²) in [5.41, 5.74) is 9.32. The van der Waals surface area contributed by atoms with E-state index in [0.29, 0.717) is 25.2 Å². The summed E-state index contributed by atoms with van der Waals surface area (Å²) in [5, 5.41) is 2.93. The Morgan fingerprint density at radius 1 is 0.850 bits per heavy atom. The van der Waals surface area contributed by atoms with Gasteiger partial charge in [0.2, 0.25) is 11.8 Å². The van der Waals surface area contributed by atoms with E-state index in [4.69, 9.17) is 5.73 Å². The van der Waals surface area contributed by atoms with Crippen LogP contribution >= 0.6 is 0 Å². The zero-order valence-corrected chi connectivity index (χ0v) is 23.5. The SMILES string of the molecule is CCN(CC)C(=O)N(Cc1ccc(C2CCCCC2C(=O)NC(C(N)=O)c2ccccc2)cc1)c1ccccc1. The van der Waals surface area contributed by atoms with Crippen LogP contribution < -0.4 is 16.0 Å². The average Bonchev–Trinajstić information content (AvgIpc) is 3.00. The lowest BCUT2D eigenvalue weighted by molar-refractivity contribution is -0.131. The minimum Gasteiger partial charge on any atom is -0.368 e. The normalized spacial score (nSPS) is 17.4. The van der Waals surface area contributed by atoms with Crippen LogP contribution in [0.5, 0.6) is 0 Å². The van der Waals surface area contributed by atoms with E-state index in [2.05, 4.69) is 29.6 Å². The Labute approximate surface area is 237 Å². The van der Waals surface area contributed by atoms with Crippen LogP contribution in [0.15, 0.2) is 84.9 Å². The molecule has 0 spiro atoms. The zero-order valence-electron chi connectivity index (χ0n) is 23.5. The van der Waals surface area contributed by atoms with E-state index >= 15 is 0 Å². The molecule has 40 heavy (non-hydrogen) atoms. The van der Waals surface area contributed by atoms with Crippen LogP contribution in [0.3, 0.4) is 0 Å². The molecule has 1 fully saturated rings. The van der Waals surface area contributed by atoms with E-state index in [0.717, 1.165) is 42.5 Å². The topological polar surface area (TPSA) is 95.7 Å². The third kappa shape index (κ3) is 6.89. The number of anilines is 1. The molecule has 7 nitrogen and oxygen atoms in total. The van der Waals surface area contributed by atoms with Crippen LogP contribution in [0.1, 0.15) is 68.2 Å². The van der Waals surface area contributed by atoms with Gasteiger partial charge in [-0.2, -0.15) is 0 Å². The van der Waals surface area contributed by atoms with Gasteiger partial charge >= 0.3 is 6.03 Å². The minimum absolute atomic E-state index is 0.0216. The lowest BCUT2D eigenvalue weighted by Gasteiger charge is -2.32. The number of nitrogens with zero attached hydrogens (tertiary/aromatic N) is 2. The molecule has 7 heteroatoms. The van der Waals surface area contributed by atoms with Gasteiger partial charge in [-0.05, 0) is 61.4 Å². The molecule has 0 aromatic heterocycles. The molecular weight excluding hydrogens is 500 g/mol. The van der Waals surface area contributed by atoms with E-state index in [1.807, 2.05) is 72.2 Å². The Morgan fingerprint density at radius 2 is 1.45 bits per heavy atom. The third-order valence-electron chi connectivity index (χ3n) is 7.89. The quantitative estimate of drug-likeness (QED) is 0.342. The molecule has 3 atom stereocenters. The first-order chi connectivity index (χ1) is 19.4. The van der Waals surface area contributed by atoms with Gasteiger partial charge in [0.05, 0.1) is 6.54 Å². The predicted molar refractivity (Wildman–Crippen MR) is 159 cm³/mol. The minimum atomic E-state index is -0.856. The van der Waals surface area contributed by atoms with E-state index < -0.39 is 11.9 Å². The second kappa shape index (κ2) is 13.8. The number of nitrogens with two attached hydrogens (primary N) is 1. The van der Waals surface area contributed by atoms with E-state index in [-0.39, 0.29) is 23.8 Å². The highest BCUT2D eigenvalue weighted by Crippen LogP contribution is 2.38. The van der Waals surface area contributed by atoms with Crippen LogP contribution in [-0.2, 0) is 16.1 Å². The standard InChI is InChI=1S/C33H40N4O3/c1-3-36(4-2)33(40)37(27-15-9-6-10-16-27)23-24-19-21-25(22-20-24)28-17-11-12-18-29(28)32(39)35-30(31(34)38)26-13-7-5-8-14-26/h5-10,13-16,19-22,28-30H,3-4,11-12,17-18,23H2,1-2H3,(H2,34,38)(H,35,39). The van der Waals surface area contributed by atoms with Crippen molar-refractivity contribution in [2.75, 3.05) is 18.0 Å². The maximum absolute atomic E-state index is 13.5.